The molecule has 4 rings (SSSR count). The predicted molar refractivity (Wildman–Crippen MR) is 91.0 cm³/mol. The number of nitrogens with zero attached hydrogens (tertiary/aromatic N) is 2. The molecule has 1 aromatic heterocycles. The van der Waals surface area contributed by atoms with Gasteiger partial charge >= 0.3 is 0 Å². The highest BCUT2D eigenvalue weighted by molar-refractivity contribution is 5.88. The number of rotatable bonds is 4. The molecule has 0 bridgehead atoms. The summed E-state index contributed by atoms with van der Waals surface area (Å²) < 4.78 is 11.0. The third kappa shape index (κ3) is 2.86. The van der Waals surface area contributed by atoms with Crippen LogP contribution in [-0.2, 0) is 16.0 Å². The maximum absolute atomic E-state index is 12.7. The van der Waals surface area contributed by atoms with Crippen LogP contribution in [0, 0.1) is 0 Å². The zero-order valence-corrected chi connectivity index (χ0v) is 14.0. The van der Waals surface area contributed by atoms with E-state index in [1.165, 1.54) is 0 Å². The molecule has 3 heterocycles. The number of oxazole rings is 1. The Morgan fingerprint density at radius 1 is 1.29 bits per heavy atom. The fourth-order valence-electron chi connectivity index (χ4n) is 3.61. The van der Waals surface area contributed by atoms with E-state index in [2.05, 4.69) is 10.3 Å². The first-order valence-electron chi connectivity index (χ1n) is 8.79. The lowest BCUT2D eigenvalue weighted by Gasteiger charge is -2.31. The Labute approximate surface area is 141 Å². The SMILES string of the molecule is CCc1nc2cc(NC3CCN(C4CCOCC4)C3=O)ccc2o1. The normalized spacial score (nSPS) is 22.5. The van der Waals surface area contributed by atoms with Gasteiger partial charge in [0.05, 0.1) is 0 Å². The highest BCUT2D eigenvalue weighted by atomic mass is 16.5. The maximum Gasteiger partial charge on any atom is 0.245 e. The van der Waals surface area contributed by atoms with Crippen molar-refractivity contribution in [2.75, 3.05) is 25.1 Å². The van der Waals surface area contributed by atoms with E-state index in [1.807, 2.05) is 30.0 Å². The number of ether oxygens (including phenoxy) is 1. The van der Waals surface area contributed by atoms with Gasteiger partial charge in [-0.2, -0.15) is 0 Å². The molecular weight excluding hydrogens is 306 g/mol. The third-order valence-corrected chi connectivity index (χ3v) is 4.95. The molecule has 1 aromatic carbocycles. The molecule has 24 heavy (non-hydrogen) atoms. The highest BCUT2D eigenvalue weighted by Crippen LogP contribution is 2.25. The van der Waals surface area contributed by atoms with E-state index in [-0.39, 0.29) is 11.9 Å². The number of aryl methyl sites for hydroxylation is 1. The lowest BCUT2D eigenvalue weighted by molar-refractivity contribution is -0.131. The number of aromatic nitrogens is 1. The molecule has 2 aromatic rings. The Kier molecular flexibility index (Phi) is 4.14. The number of hydrogen-bond acceptors (Lipinski definition) is 5. The van der Waals surface area contributed by atoms with E-state index >= 15 is 0 Å². The van der Waals surface area contributed by atoms with E-state index in [0.717, 1.165) is 68.1 Å². The van der Waals surface area contributed by atoms with Crippen molar-refractivity contribution in [3.63, 3.8) is 0 Å². The Bertz CT molecular complexity index is 736. The molecule has 6 heteroatoms. The second-order valence-corrected chi connectivity index (χ2v) is 6.50. The van der Waals surface area contributed by atoms with E-state index in [0.29, 0.717) is 6.04 Å². The van der Waals surface area contributed by atoms with Gasteiger partial charge in [-0.15, -0.1) is 0 Å². The summed E-state index contributed by atoms with van der Waals surface area (Å²) in [5.74, 6) is 0.946. The number of fused-ring (bicyclic) bond motifs is 1. The first kappa shape index (κ1) is 15.4. The van der Waals surface area contributed by atoms with Gasteiger partial charge < -0.3 is 19.4 Å². The van der Waals surface area contributed by atoms with Gasteiger partial charge in [0.15, 0.2) is 11.5 Å². The van der Waals surface area contributed by atoms with Crippen LogP contribution in [0.2, 0.25) is 0 Å². The van der Waals surface area contributed by atoms with E-state index in [4.69, 9.17) is 9.15 Å². The zero-order chi connectivity index (χ0) is 16.5. The van der Waals surface area contributed by atoms with Crippen LogP contribution in [0.1, 0.15) is 32.1 Å². The van der Waals surface area contributed by atoms with Crippen molar-refractivity contribution in [3.8, 4) is 0 Å². The lowest BCUT2D eigenvalue weighted by Crippen LogP contribution is -2.43. The molecule has 0 aliphatic carbocycles. The van der Waals surface area contributed by atoms with Gasteiger partial charge in [0.2, 0.25) is 5.91 Å². The standard InChI is InChI=1S/C18H23N3O3/c1-2-17-20-15-11-12(3-4-16(15)24-17)19-14-5-8-21(18(14)22)13-6-9-23-10-7-13/h3-4,11,13-14,19H,2,5-10H2,1H3. The van der Waals surface area contributed by atoms with Gasteiger partial charge in [-0.25, -0.2) is 4.98 Å². The molecule has 6 nitrogen and oxygen atoms in total. The minimum Gasteiger partial charge on any atom is -0.441 e. The van der Waals surface area contributed by atoms with Gasteiger partial charge in [-0.3, -0.25) is 4.79 Å². The number of benzene rings is 1. The molecule has 128 valence electrons. The zero-order valence-electron chi connectivity index (χ0n) is 14.0. The Balaban J connectivity index is 1.46. The second-order valence-electron chi connectivity index (χ2n) is 6.50. The number of amides is 1. The van der Waals surface area contributed by atoms with Crippen molar-refractivity contribution in [1.82, 2.24) is 9.88 Å². The molecule has 2 aliphatic heterocycles. The number of hydrogen-bond donors (Lipinski definition) is 1. The summed E-state index contributed by atoms with van der Waals surface area (Å²) in [4.78, 5) is 19.2. The Morgan fingerprint density at radius 3 is 2.92 bits per heavy atom. The van der Waals surface area contributed by atoms with Crippen molar-refractivity contribution < 1.29 is 13.9 Å². The number of anilines is 1. The van der Waals surface area contributed by atoms with Crippen LogP contribution in [0.5, 0.6) is 0 Å². The summed E-state index contributed by atoms with van der Waals surface area (Å²) in [5.41, 5.74) is 2.55. The van der Waals surface area contributed by atoms with Gasteiger partial charge in [0.25, 0.3) is 0 Å². The molecule has 1 N–H and O–H groups in total. The van der Waals surface area contributed by atoms with E-state index in [1.54, 1.807) is 0 Å². The summed E-state index contributed by atoms with van der Waals surface area (Å²) in [6, 6.07) is 6.02. The monoisotopic (exact) mass is 329 g/mol. The first-order valence-corrected chi connectivity index (χ1v) is 8.79. The van der Waals surface area contributed by atoms with Crippen LogP contribution in [0.15, 0.2) is 22.6 Å². The topological polar surface area (TPSA) is 67.6 Å². The summed E-state index contributed by atoms with van der Waals surface area (Å²) in [6.07, 6.45) is 3.51. The molecule has 2 saturated heterocycles. The summed E-state index contributed by atoms with van der Waals surface area (Å²) in [7, 11) is 0. The van der Waals surface area contributed by atoms with Gasteiger partial charge in [-0.05, 0) is 37.5 Å². The van der Waals surface area contributed by atoms with Crippen LogP contribution in [0.4, 0.5) is 5.69 Å². The van der Waals surface area contributed by atoms with Crippen molar-refractivity contribution in [1.29, 1.82) is 0 Å². The average Bonchev–Trinajstić information content (AvgIpc) is 3.19. The molecule has 1 amide bonds. The van der Waals surface area contributed by atoms with Gasteiger partial charge in [0.1, 0.15) is 11.6 Å². The second kappa shape index (κ2) is 6.43. The molecule has 1 unspecified atom stereocenters. The third-order valence-electron chi connectivity index (χ3n) is 4.95. The number of nitrogens with one attached hydrogen (secondary N) is 1. The van der Waals surface area contributed by atoms with Crippen molar-refractivity contribution in [3.05, 3.63) is 24.1 Å². The van der Waals surface area contributed by atoms with Crippen LogP contribution in [0.3, 0.4) is 0 Å². The lowest BCUT2D eigenvalue weighted by atomic mass is 10.1. The molecule has 2 fully saturated rings. The molecule has 0 saturated carbocycles. The van der Waals surface area contributed by atoms with Crippen molar-refractivity contribution in [2.45, 2.75) is 44.7 Å². The Hall–Kier alpha value is -2.08. The fourth-order valence-corrected chi connectivity index (χ4v) is 3.61. The first-order chi connectivity index (χ1) is 11.7. The fraction of sp³-hybridized carbons (Fsp3) is 0.556. The quantitative estimate of drug-likeness (QED) is 0.934. The van der Waals surface area contributed by atoms with Crippen LogP contribution in [0.25, 0.3) is 11.1 Å². The van der Waals surface area contributed by atoms with Crippen LogP contribution < -0.4 is 5.32 Å². The maximum atomic E-state index is 12.7. The van der Waals surface area contributed by atoms with Crippen molar-refractivity contribution >= 4 is 22.7 Å². The number of carbonyl (C=O) groups excluding carboxylic acids is 1. The van der Waals surface area contributed by atoms with Gasteiger partial charge in [-0.1, -0.05) is 6.92 Å². The predicted octanol–water partition coefficient (Wildman–Crippen LogP) is 2.58. The number of carbonyl (C=O) groups is 1. The van der Waals surface area contributed by atoms with E-state index < -0.39 is 0 Å². The van der Waals surface area contributed by atoms with Crippen molar-refractivity contribution in [2.24, 2.45) is 0 Å². The summed E-state index contributed by atoms with van der Waals surface area (Å²) in [5, 5.41) is 3.37. The summed E-state index contributed by atoms with van der Waals surface area (Å²) in [6.45, 7) is 4.36. The van der Waals surface area contributed by atoms with E-state index in [9.17, 15) is 4.79 Å². The largest absolute Gasteiger partial charge is 0.441 e. The molecule has 2 aliphatic rings. The van der Waals surface area contributed by atoms with Gasteiger partial charge in [0, 0.05) is 37.9 Å². The van der Waals surface area contributed by atoms with Crippen LogP contribution in [-0.4, -0.2) is 47.6 Å². The molecule has 0 radical (unpaired) electrons. The minimum absolute atomic E-state index is 0.150. The Morgan fingerprint density at radius 2 is 2.12 bits per heavy atom. The molecule has 1 atom stereocenters. The summed E-state index contributed by atoms with van der Waals surface area (Å²) >= 11 is 0. The average molecular weight is 329 g/mol. The minimum atomic E-state index is -0.150. The van der Waals surface area contributed by atoms with Crippen LogP contribution >= 0.6 is 0 Å². The number of likely N-dealkylation sites (tertiary alicyclic amines) is 1. The highest BCUT2D eigenvalue weighted by Gasteiger charge is 2.36. The molecule has 0 spiro atoms. The smallest absolute Gasteiger partial charge is 0.245 e. The molecular formula is C18H23N3O3.